The summed E-state index contributed by atoms with van der Waals surface area (Å²) in [5.74, 6) is 1.86. The number of aryl methyl sites for hydroxylation is 2. The maximum Gasteiger partial charge on any atom is 0.148 e. The molecule has 0 aliphatic heterocycles. The first-order valence-corrected chi connectivity index (χ1v) is 8.20. The largest absolute Gasteiger partial charge is 0.496 e. The van der Waals surface area contributed by atoms with E-state index in [4.69, 9.17) is 4.74 Å². The van der Waals surface area contributed by atoms with Crippen LogP contribution in [0.25, 0.3) is 0 Å². The third-order valence-corrected chi connectivity index (χ3v) is 4.22. The quantitative estimate of drug-likeness (QED) is 0.812. The number of nitrogens with one attached hydrogen (secondary N) is 1. The normalized spacial score (nSPS) is 11.0. The molecule has 0 aliphatic rings. The summed E-state index contributed by atoms with van der Waals surface area (Å²) in [6, 6.07) is 8.44. The van der Waals surface area contributed by atoms with Gasteiger partial charge in [0.2, 0.25) is 0 Å². The minimum atomic E-state index is 0.756. The van der Waals surface area contributed by atoms with Gasteiger partial charge in [-0.1, -0.05) is 19.9 Å². The summed E-state index contributed by atoms with van der Waals surface area (Å²) >= 11 is 0. The van der Waals surface area contributed by atoms with Gasteiger partial charge < -0.3 is 10.1 Å². The van der Waals surface area contributed by atoms with E-state index in [1.165, 1.54) is 11.1 Å². The Morgan fingerprint density at radius 3 is 2.52 bits per heavy atom. The van der Waals surface area contributed by atoms with Crippen LogP contribution in [-0.4, -0.2) is 34.9 Å². The molecule has 0 amide bonds. The molecule has 1 heterocycles. The van der Waals surface area contributed by atoms with E-state index in [1.54, 1.807) is 7.11 Å². The van der Waals surface area contributed by atoms with Crippen LogP contribution in [0.15, 0.2) is 24.3 Å². The Kier molecular flexibility index (Phi) is 6.04. The molecular formula is C18H28N4O. The molecule has 0 saturated carbocycles. The summed E-state index contributed by atoms with van der Waals surface area (Å²) in [6.07, 6.45) is 0. The predicted octanol–water partition coefficient (Wildman–Crippen LogP) is 3.19. The second kappa shape index (κ2) is 8.02. The SMILES string of the molecule is CCN(CC)Cc1cc(CNc2cc(C)n(C)n2)ccc1OC. The summed E-state index contributed by atoms with van der Waals surface area (Å²) in [5.41, 5.74) is 3.61. The lowest BCUT2D eigenvalue weighted by atomic mass is 10.1. The Labute approximate surface area is 139 Å². The van der Waals surface area contributed by atoms with Crippen LogP contribution < -0.4 is 10.1 Å². The van der Waals surface area contributed by atoms with Gasteiger partial charge in [-0.15, -0.1) is 0 Å². The maximum absolute atomic E-state index is 5.51. The number of ether oxygens (including phenoxy) is 1. The summed E-state index contributed by atoms with van der Waals surface area (Å²) in [6.45, 7) is 10.2. The molecule has 1 N–H and O–H groups in total. The molecule has 0 atom stereocenters. The zero-order valence-electron chi connectivity index (χ0n) is 14.9. The van der Waals surface area contributed by atoms with Gasteiger partial charge in [-0.3, -0.25) is 9.58 Å². The minimum absolute atomic E-state index is 0.756. The van der Waals surface area contributed by atoms with Crippen molar-refractivity contribution in [2.75, 3.05) is 25.5 Å². The summed E-state index contributed by atoms with van der Waals surface area (Å²) in [5, 5.41) is 7.81. The van der Waals surface area contributed by atoms with Crippen molar-refractivity contribution >= 4 is 5.82 Å². The fraction of sp³-hybridized carbons (Fsp3) is 0.500. The fourth-order valence-electron chi connectivity index (χ4n) is 2.59. The van der Waals surface area contributed by atoms with Gasteiger partial charge in [0.1, 0.15) is 11.6 Å². The minimum Gasteiger partial charge on any atom is -0.496 e. The van der Waals surface area contributed by atoms with E-state index in [-0.39, 0.29) is 0 Å². The van der Waals surface area contributed by atoms with Crippen LogP contribution in [0.3, 0.4) is 0 Å². The first kappa shape index (κ1) is 17.3. The van der Waals surface area contributed by atoms with Gasteiger partial charge in [-0.05, 0) is 37.7 Å². The fourth-order valence-corrected chi connectivity index (χ4v) is 2.59. The molecule has 1 aromatic heterocycles. The van der Waals surface area contributed by atoms with Gasteiger partial charge in [-0.2, -0.15) is 5.10 Å². The first-order valence-electron chi connectivity index (χ1n) is 8.20. The number of benzene rings is 1. The van der Waals surface area contributed by atoms with Crippen molar-refractivity contribution in [1.29, 1.82) is 0 Å². The lowest BCUT2D eigenvalue weighted by Crippen LogP contribution is -2.22. The predicted molar refractivity (Wildman–Crippen MR) is 94.9 cm³/mol. The topological polar surface area (TPSA) is 42.3 Å². The Bertz CT molecular complexity index is 612. The van der Waals surface area contributed by atoms with Gasteiger partial charge in [0.25, 0.3) is 0 Å². The molecule has 23 heavy (non-hydrogen) atoms. The Morgan fingerprint density at radius 2 is 1.96 bits per heavy atom. The standard InChI is InChI=1S/C18H28N4O/c1-6-22(7-2)13-16-11-15(8-9-17(16)23-5)12-19-18-10-14(3)21(4)20-18/h8-11H,6-7,12-13H2,1-5H3,(H,19,20). The lowest BCUT2D eigenvalue weighted by Gasteiger charge is -2.20. The van der Waals surface area contributed by atoms with Gasteiger partial charge in [-0.25, -0.2) is 0 Å². The highest BCUT2D eigenvalue weighted by Gasteiger charge is 2.09. The van der Waals surface area contributed by atoms with Crippen molar-refractivity contribution in [1.82, 2.24) is 14.7 Å². The van der Waals surface area contributed by atoms with E-state index in [0.717, 1.165) is 43.4 Å². The third-order valence-electron chi connectivity index (χ3n) is 4.22. The molecule has 1 aromatic carbocycles. The van der Waals surface area contributed by atoms with Crippen LogP contribution in [0.1, 0.15) is 30.7 Å². The number of methoxy groups -OCH3 is 1. The van der Waals surface area contributed by atoms with Crippen molar-refractivity contribution in [3.8, 4) is 5.75 Å². The van der Waals surface area contributed by atoms with Crippen molar-refractivity contribution in [2.45, 2.75) is 33.9 Å². The molecule has 126 valence electrons. The Balaban J connectivity index is 2.09. The monoisotopic (exact) mass is 316 g/mol. The lowest BCUT2D eigenvalue weighted by molar-refractivity contribution is 0.289. The summed E-state index contributed by atoms with van der Waals surface area (Å²) in [7, 11) is 3.69. The van der Waals surface area contributed by atoms with Crippen molar-refractivity contribution < 1.29 is 4.74 Å². The van der Waals surface area contributed by atoms with E-state index in [9.17, 15) is 0 Å². The number of rotatable bonds is 8. The van der Waals surface area contributed by atoms with Crippen molar-refractivity contribution in [2.24, 2.45) is 7.05 Å². The van der Waals surface area contributed by atoms with Crippen LogP contribution in [0.5, 0.6) is 5.75 Å². The average molecular weight is 316 g/mol. The summed E-state index contributed by atoms with van der Waals surface area (Å²) in [4.78, 5) is 2.39. The molecule has 0 unspecified atom stereocenters. The molecule has 0 fully saturated rings. The summed E-state index contributed by atoms with van der Waals surface area (Å²) < 4.78 is 7.39. The number of anilines is 1. The van der Waals surface area contributed by atoms with Gasteiger partial charge in [0.05, 0.1) is 7.11 Å². The molecule has 0 bridgehead atoms. The highest BCUT2D eigenvalue weighted by Crippen LogP contribution is 2.22. The van der Waals surface area contributed by atoms with E-state index < -0.39 is 0 Å². The molecular weight excluding hydrogens is 288 g/mol. The zero-order chi connectivity index (χ0) is 16.8. The van der Waals surface area contributed by atoms with Crippen LogP contribution in [0, 0.1) is 6.92 Å². The van der Waals surface area contributed by atoms with Gasteiger partial charge in [0.15, 0.2) is 0 Å². The number of nitrogens with zero attached hydrogens (tertiary/aromatic N) is 3. The molecule has 0 saturated heterocycles. The average Bonchev–Trinajstić information content (AvgIpc) is 2.89. The van der Waals surface area contributed by atoms with Gasteiger partial charge >= 0.3 is 0 Å². The second-order valence-electron chi connectivity index (χ2n) is 5.76. The van der Waals surface area contributed by atoms with Crippen molar-refractivity contribution in [3.05, 3.63) is 41.1 Å². The van der Waals surface area contributed by atoms with E-state index >= 15 is 0 Å². The number of aromatic nitrogens is 2. The zero-order valence-corrected chi connectivity index (χ0v) is 14.9. The molecule has 5 heteroatoms. The molecule has 0 spiro atoms. The highest BCUT2D eigenvalue weighted by atomic mass is 16.5. The number of hydrogen-bond donors (Lipinski definition) is 1. The first-order chi connectivity index (χ1) is 11.1. The van der Waals surface area contributed by atoms with E-state index in [2.05, 4.69) is 53.4 Å². The second-order valence-corrected chi connectivity index (χ2v) is 5.76. The highest BCUT2D eigenvalue weighted by molar-refractivity contribution is 5.41. The van der Waals surface area contributed by atoms with Crippen LogP contribution >= 0.6 is 0 Å². The Morgan fingerprint density at radius 1 is 1.22 bits per heavy atom. The molecule has 5 nitrogen and oxygen atoms in total. The third kappa shape index (κ3) is 4.48. The van der Waals surface area contributed by atoms with Crippen molar-refractivity contribution in [3.63, 3.8) is 0 Å². The van der Waals surface area contributed by atoms with Gasteiger partial charge in [0, 0.05) is 37.5 Å². The molecule has 2 aromatic rings. The van der Waals surface area contributed by atoms with E-state index in [0.29, 0.717) is 0 Å². The molecule has 0 radical (unpaired) electrons. The maximum atomic E-state index is 5.51. The van der Waals surface area contributed by atoms with Crippen LogP contribution in [0.4, 0.5) is 5.82 Å². The van der Waals surface area contributed by atoms with Crippen LogP contribution in [-0.2, 0) is 20.1 Å². The Hall–Kier alpha value is -2.01. The molecule has 0 aliphatic carbocycles. The number of hydrogen-bond acceptors (Lipinski definition) is 4. The van der Waals surface area contributed by atoms with Crippen LogP contribution in [0.2, 0.25) is 0 Å². The van der Waals surface area contributed by atoms with E-state index in [1.807, 2.05) is 18.7 Å². The smallest absolute Gasteiger partial charge is 0.148 e. The molecule has 2 rings (SSSR count).